The zero-order valence-corrected chi connectivity index (χ0v) is 24.8. The van der Waals surface area contributed by atoms with Crippen LogP contribution >= 0.6 is 34.5 Å². The zero-order valence-electron chi connectivity index (χ0n) is 22.5. The van der Waals surface area contributed by atoms with Gasteiger partial charge >= 0.3 is 5.97 Å². The van der Waals surface area contributed by atoms with Crippen molar-refractivity contribution in [2.45, 2.75) is 19.9 Å². The van der Waals surface area contributed by atoms with Gasteiger partial charge in [0.05, 0.1) is 41.1 Å². The van der Waals surface area contributed by atoms with E-state index in [2.05, 4.69) is 0 Å². The van der Waals surface area contributed by atoms with Gasteiger partial charge in [-0.05, 0) is 55.8 Å². The molecule has 1 aliphatic rings. The molecular weight excluding hydrogens is 583 g/mol. The average Bonchev–Trinajstić information content (AvgIpc) is 3.28. The third kappa shape index (κ3) is 5.68. The molecule has 0 fully saturated rings. The third-order valence-corrected chi connectivity index (χ3v) is 7.93. The molecule has 0 unspecified atom stereocenters. The first-order valence-electron chi connectivity index (χ1n) is 12.9. The number of esters is 1. The molecular formula is C31H26Cl2N2O5S. The van der Waals surface area contributed by atoms with Crippen LogP contribution in [0.15, 0.2) is 82.1 Å². The van der Waals surface area contributed by atoms with Crippen LogP contribution in [-0.2, 0) is 9.53 Å². The molecule has 1 atom stereocenters. The molecule has 3 aromatic carbocycles. The average molecular weight is 610 g/mol. The highest BCUT2D eigenvalue weighted by Gasteiger charge is 2.36. The summed E-state index contributed by atoms with van der Waals surface area (Å²) in [4.78, 5) is 33.0. The van der Waals surface area contributed by atoms with Crippen molar-refractivity contribution < 1.29 is 19.0 Å². The predicted molar refractivity (Wildman–Crippen MR) is 162 cm³/mol. The lowest BCUT2D eigenvalue weighted by Gasteiger charge is -2.27. The van der Waals surface area contributed by atoms with Gasteiger partial charge in [0.2, 0.25) is 0 Å². The van der Waals surface area contributed by atoms with Crippen LogP contribution in [0.3, 0.4) is 0 Å². The highest BCUT2D eigenvalue weighted by Crippen LogP contribution is 2.39. The zero-order chi connectivity index (χ0) is 29.1. The lowest BCUT2D eigenvalue weighted by atomic mass is 9.92. The Labute approximate surface area is 250 Å². The molecule has 7 nitrogen and oxygen atoms in total. The van der Waals surface area contributed by atoms with Crippen LogP contribution in [0.1, 0.15) is 36.6 Å². The molecule has 2 heterocycles. The summed E-state index contributed by atoms with van der Waals surface area (Å²) in [6.07, 6.45) is 1.74. The predicted octanol–water partition coefficient (Wildman–Crippen LogP) is 5.65. The summed E-state index contributed by atoms with van der Waals surface area (Å²) in [6.45, 7) is 4.24. The molecule has 10 heteroatoms. The van der Waals surface area contributed by atoms with Gasteiger partial charge in [-0.25, -0.2) is 9.79 Å². The molecule has 0 radical (unpaired) electrons. The van der Waals surface area contributed by atoms with Gasteiger partial charge < -0.3 is 14.2 Å². The summed E-state index contributed by atoms with van der Waals surface area (Å²) in [6, 6.07) is 18.8. The number of hydrogen-bond acceptors (Lipinski definition) is 7. The number of fused-ring (bicyclic) bond motifs is 1. The van der Waals surface area contributed by atoms with Gasteiger partial charge in [-0.1, -0.05) is 70.9 Å². The number of aromatic nitrogens is 1. The maximum atomic E-state index is 14.1. The first kappa shape index (κ1) is 28.7. The smallest absolute Gasteiger partial charge is 0.338 e. The second kappa shape index (κ2) is 12.3. The number of rotatable bonds is 8. The Bertz CT molecular complexity index is 1830. The summed E-state index contributed by atoms with van der Waals surface area (Å²) < 4.78 is 18.6. The minimum absolute atomic E-state index is 0.146. The molecule has 1 aliphatic heterocycles. The Morgan fingerprint density at radius 3 is 2.46 bits per heavy atom. The fraction of sp³-hybridized carbons (Fsp3) is 0.194. The third-order valence-electron chi connectivity index (χ3n) is 6.41. The van der Waals surface area contributed by atoms with Crippen LogP contribution < -0.4 is 24.4 Å². The molecule has 5 rings (SSSR count). The molecule has 0 spiro atoms. The lowest BCUT2D eigenvalue weighted by Crippen LogP contribution is -2.40. The molecule has 210 valence electrons. The molecule has 0 aliphatic carbocycles. The van der Waals surface area contributed by atoms with Crippen LogP contribution in [0.4, 0.5) is 0 Å². The summed E-state index contributed by atoms with van der Waals surface area (Å²) in [5, 5.41) is 0.860. The molecule has 0 saturated heterocycles. The van der Waals surface area contributed by atoms with Crippen molar-refractivity contribution in [3.63, 3.8) is 0 Å². The van der Waals surface area contributed by atoms with Crippen LogP contribution in [0.25, 0.3) is 11.8 Å². The van der Waals surface area contributed by atoms with Crippen LogP contribution in [-0.4, -0.2) is 30.9 Å². The Hall–Kier alpha value is -3.85. The number of carbonyl (C=O) groups is 1. The van der Waals surface area contributed by atoms with Crippen molar-refractivity contribution in [2.24, 2.45) is 4.99 Å². The van der Waals surface area contributed by atoms with E-state index in [1.807, 2.05) is 43.3 Å². The molecule has 41 heavy (non-hydrogen) atoms. The SMILES string of the molecule is CCOC(=O)C1=C(c2ccccc2)N=c2s/c(=C\c3ccc(OCC)c(Cl)c3)c(=O)n2[C@H]1c1cc(Cl)ccc1OC. The highest BCUT2D eigenvalue weighted by atomic mass is 35.5. The number of nitrogens with zero attached hydrogens (tertiary/aromatic N) is 2. The quantitative estimate of drug-likeness (QED) is 0.242. The minimum Gasteiger partial charge on any atom is -0.496 e. The number of hydrogen-bond donors (Lipinski definition) is 0. The van der Waals surface area contributed by atoms with Gasteiger partial charge in [-0.2, -0.15) is 0 Å². The number of halogens is 2. The van der Waals surface area contributed by atoms with E-state index in [9.17, 15) is 9.59 Å². The molecule has 1 aromatic heterocycles. The molecule has 0 N–H and O–H groups in total. The lowest BCUT2D eigenvalue weighted by molar-refractivity contribution is -0.138. The monoisotopic (exact) mass is 608 g/mol. The number of ether oxygens (including phenoxy) is 3. The van der Waals surface area contributed by atoms with Crippen LogP contribution in [0.2, 0.25) is 10.0 Å². The van der Waals surface area contributed by atoms with E-state index < -0.39 is 12.0 Å². The van der Waals surface area contributed by atoms with Gasteiger partial charge in [-0.3, -0.25) is 9.36 Å². The Balaban J connectivity index is 1.82. The minimum atomic E-state index is -0.916. The fourth-order valence-corrected chi connectivity index (χ4v) is 6.11. The Morgan fingerprint density at radius 1 is 1.02 bits per heavy atom. The molecule has 0 saturated carbocycles. The van der Waals surface area contributed by atoms with Crippen molar-refractivity contribution in [1.29, 1.82) is 0 Å². The summed E-state index contributed by atoms with van der Waals surface area (Å²) >= 11 is 14.1. The van der Waals surface area contributed by atoms with Crippen molar-refractivity contribution in [3.8, 4) is 11.5 Å². The standard InChI is InChI=1S/C31H26Cl2N2O5S/c1-4-39-24-13-11-18(15-22(24)33)16-25-29(36)35-28(21-17-20(32)12-14-23(21)38-3)26(30(37)40-5-2)27(34-31(35)41-25)19-9-7-6-8-10-19/h6-17,28H,4-5H2,1-3H3/b25-16-/t28-/m0/s1. The molecule has 0 bridgehead atoms. The van der Waals surface area contributed by atoms with Gasteiger partial charge in [-0.15, -0.1) is 0 Å². The van der Waals surface area contributed by atoms with Gasteiger partial charge in [0.15, 0.2) is 4.80 Å². The number of benzene rings is 3. The second-order valence-electron chi connectivity index (χ2n) is 8.94. The van der Waals surface area contributed by atoms with Crippen molar-refractivity contribution in [3.05, 3.63) is 119 Å². The van der Waals surface area contributed by atoms with E-state index in [4.69, 9.17) is 42.4 Å². The van der Waals surface area contributed by atoms with E-state index in [1.54, 1.807) is 43.3 Å². The van der Waals surface area contributed by atoms with Crippen LogP contribution in [0.5, 0.6) is 11.5 Å². The van der Waals surface area contributed by atoms with Gasteiger partial charge in [0.25, 0.3) is 5.56 Å². The normalized spacial score (nSPS) is 14.9. The Morgan fingerprint density at radius 2 is 1.78 bits per heavy atom. The van der Waals surface area contributed by atoms with E-state index in [0.717, 1.165) is 0 Å². The summed E-state index contributed by atoms with van der Waals surface area (Å²) in [7, 11) is 1.53. The second-order valence-corrected chi connectivity index (χ2v) is 10.8. The maximum absolute atomic E-state index is 14.1. The fourth-order valence-electron chi connectivity index (χ4n) is 4.68. The molecule has 0 amide bonds. The number of methoxy groups -OCH3 is 1. The number of thiazole rings is 1. The van der Waals surface area contributed by atoms with Crippen molar-refractivity contribution in [2.75, 3.05) is 20.3 Å². The summed E-state index contributed by atoms with van der Waals surface area (Å²) in [5.74, 6) is 0.436. The Kier molecular flexibility index (Phi) is 8.63. The largest absolute Gasteiger partial charge is 0.496 e. The van der Waals surface area contributed by atoms with Gasteiger partial charge in [0, 0.05) is 16.1 Å². The first-order valence-corrected chi connectivity index (χ1v) is 14.5. The van der Waals surface area contributed by atoms with Crippen molar-refractivity contribution in [1.82, 2.24) is 4.57 Å². The first-order chi connectivity index (χ1) is 19.9. The van der Waals surface area contributed by atoms with E-state index >= 15 is 0 Å². The maximum Gasteiger partial charge on any atom is 0.338 e. The summed E-state index contributed by atoms with van der Waals surface area (Å²) in [5.41, 5.74) is 2.24. The van der Waals surface area contributed by atoms with E-state index in [0.29, 0.717) is 59.9 Å². The topological polar surface area (TPSA) is 79.1 Å². The van der Waals surface area contributed by atoms with E-state index in [1.165, 1.54) is 23.0 Å². The van der Waals surface area contributed by atoms with E-state index in [-0.39, 0.29) is 17.7 Å². The number of carbonyl (C=O) groups excluding carboxylic acids is 1. The van der Waals surface area contributed by atoms with Crippen LogP contribution in [0, 0.1) is 0 Å². The van der Waals surface area contributed by atoms with Gasteiger partial charge in [0.1, 0.15) is 17.5 Å². The van der Waals surface area contributed by atoms with Crippen molar-refractivity contribution >= 4 is 52.3 Å². The highest BCUT2D eigenvalue weighted by molar-refractivity contribution is 7.07. The molecule has 4 aromatic rings.